The topological polar surface area (TPSA) is 37.0 Å². The highest BCUT2D eigenvalue weighted by Crippen LogP contribution is 2.14. The monoisotopic (exact) mass is 225 g/mol. The molecule has 0 aliphatic rings. The Morgan fingerprint density at radius 3 is 2.93 bits per heavy atom. The zero-order valence-electron chi connectivity index (χ0n) is 9.58. The molecular weight excluding hydrogens is 206 g/mol. The lowest BCUT2D eigenvalue weighted by atomic mass is 10.2. The minimum Gasteiger partial charge on any atom is -0.381 e. The molecule has 0 bridgehead atoms. The summed E-state index contributed by atoms with van der Waals surface area (Å²) in [5.41, 5.74) is 1.13. The van der Waals surface area contributed by atoms with Crippen molar-refractivity contribution in [3.8, 4) is 0 Å². The quantitative estimate of drug-likeness (QED) is 0.780. The summed E-state index contributed by atoms with van der Waals surface area (Å²) in [5.74, 6) is 2.03. The van der Waals surface area contributed by atoms with Gasteiger partial charge in [0, 0.05) is 36.8 Å². The molecule has 0 spiro atoms. The fourth-order valence-electron chi connectivity index (χ4n) is 1.36. The number of thioether (sulfide) groups is 1. The van der Waals surface area contributed by atoms with Crippen LogP contribution in [0.3, 0.4) is 0 Å². The molecule has 1 rings (SSSR count). The first-order chi connectivity index (χ1) is 7.30. The molecule has 1 unspecified atom stereocenters. The van der Waals surface area contributed by atoms with Crippen molar-refractivity contribution in [3.63, 3.8) is 0 Å². The molecule has 0 saturated carbocycles. The zero-order valence-corrected chi connectivity index (χ0v) is 10.4. The molecule has 0 aliphatic heterocycles. The molecule has 0 aromatic carbocycles. The standard InChI is InChI=1S/C11H19N3S/c1-4-9(8-15-3)14-10-5-6-13-11(7-10)12-2/h5-7,9H,4,8H2,1-3H3,(H2,12,13,14). The molecule has 0 saturated heterocycles. The van der Waals surface area contributed by atoms with Crippen LogP contribution in [0.5, 0.6) is 0 Å². The molecule has 0 aliphatic carbocycles. The van der Waals surface area contributed by atoms with Crippen LogP contribution in [0.1, 0.15) is 13.3 Å². The fourth-order valence-corrected chi connectivity index (χ4v) is 2.08. The lowest BCUT2D eigenvalue weighted by Gasteiger charge is -2.17. The van der Waals surface area contributed by atoms with Crippen molar-refractivity contribution in [2.45, 2.75) is 19.4 Å². The van der Waals surface area contributed by atoms with Gasteiger partial charge in [-0.2, -0.15) is 11.8 Å². The second-order valence-electron chi connectivity index (χ2n) is 3.38. The average Bonchev–Trinajstić information content (AvgIpc) is 2.29. The number of pyridine rings is 1. The van der Waals surface area contributed by atoms with Crippen LogP contribution in [0.25, 0.3) is 0 Å². The minimum atomic E-state index is 0.534. The molecule has 1 aromatic rings. The molecule has 0 radical (unpaired) electrons. The third-order valence-corrected chi connectivity index (χ3v) is 2.98. The predicted molar refractivity (Wildman–Crippen MR) is 69.9 cm³/mol. The van der Waals surface area contributed by atoms with Crippen LogP contribution in [0.2, 0.25) is 0 Å². The first-order valence-corrected chi connectivity index (χ1v) is 6.58. The highest BCUT2D eigenvalue weighted by atomic mass is 32.2. The van der Waals surface area contributed by atoms with Gasteiger partial charge in [0.2, 0.25) is 0 Å². The molecule has 1 atom stereocenters. The van der Waals surface area contributed by atoms with Crippen molar-refractivity contribution in [2.75, 3.05) is 29.7 Å². The second kappa shape index (κ2) is 6.56. The summed E-state index contributed by atoms with van der Waals surface area (Å²) < 4.78 is 0. The van der Waals surface area contributed by atoms with Crippen LogP contribution in [0.15, 0.2) is 18.3 Å². The minimum absolute atomic E-state index is 0.534. The van der Waals surface area contributed by atoms with E-state index in [9.17, 15) is 0 Å². The number of rotatable bonds is 6. The Labute approximate surface area is 96.1 Å². The van der Waals surface area contributed by atoms with E-state index in [1.54, 1.807) is 0 Å². The number of nitrogens with zero attached hydrogens (tertiary/aromatic N) is 1. The molecule has 2 N–H and O–H groups in total. The van der Waals surface area contributed by atoms with Crippen LogP contribution in [-0.4, -0.2) is 30.1 Å². The Bertz CT molecular complexity index is 291. The summed E-state index contributed by atoms with van der Waals surface area (Å²) in [6.07, 6.45) is 5.09. The Morgan fingerprint density at radius 2 is 2.33 bits per heavy atom. The number of hydrogen-bond acceptors (Lipinski definition) is 4. The Hall–Kier alpha value is -0.900. The predicted octanol–water partition coefficient (Wildman–Crippen LogP) is 2.68. The van der Waals surface area contributed by atoms with Crippen molar-refractivity contribution < 1.29 is 0 Å². The van der Waals surface area contributed by atoms with Crippen molar-refractivity contribution in [3.05, 3.63) is 18.3 Å². The van der Waals surface area contributed by atoms with Gasteiger partial charge in [-0.3, -0.25) is 0 Å². The highest BCUT2D eigenvalue weighted by Gasteiger charge is 2.05. The maximum atomic E-state index is 4.18. The molecule has 15 heavy (non-hydrogen) atoms. The van der Waals surface area contributed by atoms with Gasteiger partial charge in [-0.05, 0) is 18.7 Å². The zero-order chi connectivity index (χ0) is 11.1. The molecule has 1 heterocycles. The van der Waals surface area contributed by atoms with Crippen LogP contribution < -0.4 is 10.6 Å². The van der Waals surface area contributed by atoms with Gasteiger partial charge in [0.15, 0.2) is 0 Å². The van der Waals surface area contributed by atoms with E-state index in [0.717, 1.165) is 23.7 Å². The summed E-state index contributed by atoms with van der Waals surface area (Å²) in [5, 5.41) is 6.54. The molecule has 0 amide bonds. The van der Waals surface area contributed by atoms with Gasteiger partial charge in [-0.1, -0.05) is 6.92 Å². The molecule has 84 valence electrons. The van der Waals surface area contributed by atoms with Crippen molar-refractivity contribution in [1.29, 1.82) is 0 Å². The summed E-state index contributed by atoms with van der Waals surface area (Å²) in [6.45, 7) is 2.20. The summed E-state index contributed by atoms with van der Waals surface area (Å²) in [4.78, 5) is 4.18. The van der Waals surface area contributed by atoms with E-state index in [2.05, 4.69) is 28.8 Å². The number of anilines is 2. The van der Waals surface area contributed by atoms with E-state index in [1.807, 2.05) is 37.1 Å². The maximum Gasteiger partial charge on any atom is 0.127 e. The van der Waals surface area contributed by atoms with Crippen LogP contribution in [0.4, 0.5) is 11.5 Å². The summed E-state index contributed by atoms with van der Waals surface area (Å²) >= 11 is 1.87. The lowest BCUT2D eigenvalue weighted by molar-refractivity contribution is 0.775. The number of nitrogens with one attached hydrogen (secondary N) is 2. The smallest absolute Gasteiger partial charge is 0.127 e. The number of aromatic nitrogens is 1. The van der Waals surface area contributed by atoms with Crippen molar-refractivity contribution >= 4 is 23.3 Å². The third kappa shape index (κ3) is 4.00. The molecule has 0 fully saturated rings. The maximum absolute atomic E-state index is 4.18. The van der Waals surface area contributed by atoms with Crippen LogP contribution in [-0.2, 0) is 0 Å². The van der Waals surface area contributed by atoms with E-state index in [1.165, 1.54) is 0 Å². The molecular formula is C11H19N3S. The van der Waals surface area contributed by atoms with Crippen molar-refractivity contribution in [2.24, 2.45) is 0 Å². The second-order valence-corrected chi connectivity index (χ2v) is 4.30. The van der Waals surface area contributed by atoms with E-state index in [0.29, 0.717) is 6.04 Å². The highest BCUT2D eigenvalue weighted by molar-refractivity contribution is 7.98. The largest absolute Gasteiger partial charge is 0.381 e. The van der Waals surface area contributed by atoms with Gasteiger partial charge in [0.1, 0.15) is 5.82 Å². The van der Waals surface area contributed by atoms with E-state index >= 15 is 0 Å². The Morgan fingerprint density at radius 1 is 1.53 bits per heavy atom. The van der Waals surface area contributed by atoms with Gasteiger partial charge in [0.05, 0.1) is 0 Å². The van der Waals surface area contributed by atoms with Crippen LogP contribution in [0, 0.1) is 0 Å². The van der Waals surface area contributed by atoms with E-state index in [4.69, 9.17) is 0 Å². The van der Waals surface area contributed by atoms with Gasteiger partial charge in [0.25, 0.3) is 0 Å². The summed E-state index contributed by atoms with van der Waals surface area (Å²) in [6, 6.07) is 4.57. The van der Waals surface area contributed by atoms with Gasteiger partial charge in [-0.25, -0.2) is 4.98 Å². The lowest BCUT2D eigenvalue weighted by Crippen LogP contribution is -2.21. The first-order valence-electron chi connectivity index (χ1n) is 5.19. The molecule has 1 aromatic heterocycles. The van der Waals surface area contributed by atoms with Crippen LogP contribution >= 0.6 is 11.8 Å². The van der Waals surface area contributed by atoms with E-state index in [-0.39, 0.29) is 0 Å². The molecule has 4 heteroatoms. The molecule has 3 nitrogen and oxygen atoms in total. The first kappa shape index (κ1) is 12.2. The SMILES string of the molecule is CCC(CSC)Nc1ccnc(NC)c1. The van der Waals surface area contributed by atoms with Gasteiger partial charge < -0.3 is 10.6 Å². The third-order valence-electron chi connectivity index (χ3n) is 2.25. The van der Waals surface area contributed by atoms with Gasteiger partial charge >= 0.3 is 0 Å². The Kier molecular flexibility index (Phi) is 5.32. The fraction of sp³-hybridized carbons (Fsp3) is 0.545. The Balaban J connectivity index is 2.61. The van der Waals surface area contributed by atoms with E-state index < -0.39 is 0 Å². The normalized spacial score (nSPS) is 12.2. The van der Waals surface area contributed by atoms with Gasteiger partial charge in [-0.15, -0.1) is 0 Å². The average molecular weight is 225 g/mol. The van der Waals surface area contributed by atoms with Crippen molar-refractivity contribution in [1.82, 2.24) is 4.98 Å². The summed E-state index contributed by atoms with van der Waals surface area (Å²) in [7, 11) is 1.88. The number of hydrogen-bond donors (Lipinski definition) is 2.